The normalized spacial score (nSPS) is 11.6. The number of hydrogen-bond acceptors (Lipinski definition) is 4. The maximum Gasteiger partial charge on any atom is 0.336 e. The van der Waals surface area contributed by atoms with E-state index >= 15 is 0 Å². The van der Waals surface area contributed by atoms with Gasteiger partial charge < -0.3 is 15.2 Å². The number of thioether (sulfide) groups is 1. The first kappa shape index (κ1) is 17.9. The maximum atomic E-state index is 12.2. The summed E-state index contributed by atoms with van der Waals surface area (Å²) >= 11 is 1.23. The Labute approximate surface area is 145 Å². The standard InChI is InChI=1S/C18H19NO4S/c1-12(24-16-6-4-3-5-15(16)18(21)22)17(20)19-11-13-7-9-14(23-2)10-8-13/h3-10,12H,11H2,1-2H3,(H,19,20)(H,21,22)/t12-/m1/s1. The minimum Gasteiger partial charge on any atom is -0.497 e. The van der Waals surface area contributed by atoms with Crippen LogP contribution in [0.3, 0.4) is 0 Å². The molecule has 0 heterocycles. The molecule has 0 aromatic heterocycles. The topological polar surface area (TPSA) is 75.6 Å². The number of benzene rings is 2. The number of carboxylic acids is 1. The zero-order chi connectivity index (χ0) is 17.5. The molecule has 1 atom stereocenters. The molecule has 0 spiro atoms. The molecule has 2 rings (SSSR count). The molecule has 2 N–H and O–H groups in total. The van der Waals surface area contributed by atoms with Gasteiger partial charge in [-0.2, -0.15) is 0 Å². The van der Waals surface area contributed by atoms with Gasteiger partial charge in [0.15, 0.2) is 0 Å². The van der Waals surface area contributed by atoms with Crippen molar-refractivity contribution in [1.82, 2.24) is 5.32 Å². The molecule has 0 bridgehead atoms. The molecule has 0 aliphatic carbocycles. The first-order chi connectivity index (χ1) is 11.5. The van der Waals surface area contributed by atoms with Gasteiger partial charge in [0.1, 0.15) is 5.75 Å². The molecule has 0 unspecified atom stereocenters. The van der Waals surface area contributed by atoms with Crippen LogP contribution in [0.15, 0.2) is 53.4 Å². The highest BCUT2D eigenvalue weighted by Crippen LogP contribution is 2.27. The summed E-state index contributed by atoms with van der Waals surface area (Å²) < 4.78 is 5.09. The van der Waals surface area contributed by atoms with Crippen LogP contribution in [0.2, 0.25) is 0 Å². The molecular formula is C18H19NO4S. The maximum absolute atomic E-state index is 12.2. The van der Waals surface area contributed by atoms with Crippen LogP contribution in [-0.4, -0.2) is 29.3 Å². The third kappa shape index (κ3) is 4.76. The van der Waals surface area contributed by atoms with Crippen molar-refractivity contribution in [3.05, 3.63) is 59.7 Å². The first-order valence-corrected chi connectivity index (χ1v) is 8.29. The lowest BCUT2D eigenvalue weighted by molar-refractivity contribution is -0.120. The Morgan fingerprint density at radius 1 is 1.17 bits per heavy atom. The lowest BCUT2D eigenvalue weighted by atomic mass is 10.2. The van der Waals surface area contributed by atoms with Gasteiger partial charge in [0.25, 0.3) is 0 Å². The van der Waals surface area contributed by atoms with Crippen LogP contribution < -0.4 is 10.1 Å². The minimum absolute atomic E-state index is 0.143. The van der Waals surface area contributed by atoms with Crippen LogP contribution in [0, 0.1) is 0 Å². The number of carbonyl (C=O) groups is 2. The predicted molar refractivity (Wildman–Crippen MR) is 93.6 cm³/mol. The Hall–Kier alpha value is -2.47. The van der Waals surface area contributed by atoms with Gasteiger partial charge in [0.05, 0.1) is 17.9 Å². The van der Waals surface area contributed by atoms with Crippen molar-refractivity contribution in [3.8, 4) is 5.75 Å². The van der Waals surface area contributed by atoms with Gasteiger partial charge in [0, 0.05) is 11.4 Å². The summed E-state index contributed by atoms with van der Waals surface area (Å²) in [6, 6.07) is 14.1. The molecule has 6 heteroatoms. The van der Waals surface area contributed by atoms with Gasteiger partial charge in [-0.25, -0.2) is 4.79 Å². The van der Waals surface area contributed by atoms with Crippen molar-refractivity contribution in [2.45, 2.75) is 23.6 Å². The minimum atomic E-state index is -0.996. The zero-order valence-electron chi connectivity index (χ0n) is 13.5. The van der Waals surface area contributed by atoms with Gasteiger partial charge in [-0.15, -0.1) is 11.8 Å². The fourth-order valence-corrected chi connectivity index (χ4v) is 3.08. The molecule has 0 saturated heterocycles. The second-order valence-electron chi connectivity index (χ2n) is 5.13. The number of hydrogen-bond donors (Lipinski definition) is 2. The van der Waals surface area contributed by atoms with E-state index in [2.05, 4.69) is 5.32 Å². The Balaban J connectivity index is 1.93. The number of amides is 1. The van der Waals surface area contributed by atoms with Gasteiger partial charge >= 0.3 is 5.97 Å². The summed E-state index contributed by atoms with van der Waals surface area (Å²) in [5, 5.41) is 11.6. The van der Waals surface area contributed by atoms with Crippen LogP contribution in [-0.2, 0) is 11.3 Å². The van der Waals surface area contributed by atoms with Gasteiger partial charge in [-0.1, -0.05) is 24.3 Å². The Morgan fingerprint density at radius 2 is 1.83 bits per heavy atom. The molecule has 0 saturated carbocycles. The summed E-state index contributed by atoms with van der Waals surface area (Å²) in [5.74, 6) is -0.376. The highest BCUT2D eigenvalue weighted by molar-refractivity contribution is 8.00. The second kappa shape index (κ2) is 8.40. The molecule has 0 aliphatic rings. The van der Waals surface area contributed by atoms with E-state index in [0.29, 0.717) is 11.4 Å². The van der Waals surface area contributed by atoms with Crippen molar-refractivity contribution in [2.75, 3.05) is 7.11 Å². The number of carboxylic acid groups (broad SMARTS) is 1. The van der Waals surface area contributed by atoms with Gasteiger partial charge in [-0.3, -0.25) is 4.79 Å². The number of aromatic carboxylic acids is 1. The summed E-state index contributed by atoms with van der Waals surface area (Å²) in [6.45, 7) is 2.17. The number of methoxy groups -OCH3 is 1. The molecule has 0 aliphatic heterocycles. The van der Waals surface area contributed by atoms with Gasteiger partial charge in [0.2, 0.25) is 5.91 Å². The fourth-order valence-electron chi connectivity index (χ4n) is 2.07. The van der Waals surface area contributed by atoms with E-state index in [9.17, 15) is 14.7 Å². The van der Waals surface area contributed by atoms with E-state index < -0.39 is 11.2 Å². The lowest BCUT2D eigenvalue weighted by Crippen LogP contribution is -2.30. The largest absolute Gasteiger partial charge is 0.497 e. The molecule has 1 amide bonds. The predicted octanol–water partition coefficient (Wildman–Crippen LogP) is 3.19. The van der Waals surface area contributed by atoms with E-state index in [0.717, 1.165) is 11.3 Å². The number of nitrogens with one attached hydrogen (secondary N) is 1. The van der Waals surface area contributed by atoms with Crippen molar-refractivity contribution >= 4 is 23.6 Å². The second-order valence-corrected chi connectivity index (χ2v) is 6.51. The third-order valence-electron chi connectivity index (χ3n) is 3.42. The van der Waals surface area contributed by atoms with Crippen LogP contribution in [0.4, 0.5) is 0 Å². The van der Waals surface area contributed by atoms with Gasteiger partial charge in [-0.05, 0) is 36.8 Å². The van der Waals surface area contributed by atoms with Crippen LogP contribution >= 0.6 is 11.8 Å². The number of rotatable bonds is 7. The zero-order valence-corrected chi connectivity index (χ0v) is 14.3. The van der Waals surface area contributed by atoms with Crippen molar-refractivity contribution in [1.29, 1.82) is 0 Å². The molecule has 2 aromatic rings. The van der Waals surface area contributed by atoms with E-state index in [1.54, 1.807) is 32.2 Å². The van der Waals surface area contributed by atoms with Crippen LogP contribution in [0.1, 0.15) is 22.8 Å². The summed E-state index contributed by atoms with van der Waals surface area (Å²) in [4.78, 5) is 24.0. The average Bonchev–Trinajstić information content (AvgIpc) is 2.60. The smallest absolute Gasteiger partial charge is 0.336 e. The van der Waals surface area contributed by atoms with Crippen LogP contribution in [0.25, 0.3) is 0 Å². The summed E-state index contributed by atoms with van der Waals surface area (Å²) in [6.07, 6.45) is 0. The average molecular weight is 345 g/mol. The Morgan fingerprint density at radius 3 is 2.46 bits per heavy atom. The summed E-state index contributed by atoms with van der Waals surface area (Å²) in [5.41, 5.74) is 1.17. The lowest BCUT2D eigenvalue weighted by Gasteiger charge is -2.13. The molecule has 0 fully saturated rings. The van der Waals surface area contributed by atoms with Crippen LogP contribution in [0.5, 0.6) is 5.75 Å². The van der Waals surface area contributed by atoms with Crippen molar-refractivity contribution < 1.29 is 19.4 Å². The molecule has 0 radical (unpaired) electrons. The highest BCUT2D eigenvalue weighted by atomic mass is 32.2. The molecule has 2 aromatic carbocycles. The Kier molecular flexibility index (Phi) is 6.26. The van der Waals surface area contributed by atoms with E-state index in [1.807, 2.05) is 24.3 Å². The fraction of sp³-hybridized carbons (Fsp3) is 0.222. The SMILES string of the molecule is COc1ccc(CNC(=O)[C@@H](C)Sc2ccccc2C(=O)O)cc1. The van der Waals surface area contributed by atoms with E-state index in [1.165, 1.54) is 17.8 Å². The highest BCUT2D eigenvalue weighted by Gasteiger charge is 2.18. The molecule has 24 heavy (non-hydrogen) atoms. The third-order valence-corrected chi connectivity index (χ3v) is 4.59. The molecule has 126 valence electrons. The van der Waals surface area contributed by atoms with E-state index in [-0.39, 0.29) is 11.5 Å². The number of ether oxygens (including phenoxy) is 1. The molecular weight excluding hydrogens is 326 g/mol. The summed E-state index contributed by atoms with van der Waals surface area (Å²) in [7, 11) is 1.60. The van der Waals surface area contributed by atoms with E-state index in [4.69, 9.17) is 4.74 Å². The number of carbonyl (C=O) groups excluding carboxylic acids is 1. The van der Waals surface area contributed by atoms with Crippen molar-refractivity contribution in [2.24, 2.45) is 0 Å². The first-order valence-electron chi connectivity index (χ1n) is 7.41. The molecule has 5 nitrogen and oxygen atoms in total. The quantitative estimate of drug-likeness (QED) is 0.754. The monoisotopic (exact) mass is 345 g/mol. The Bertz CT molecular complexity index is 715. The van der Waals surface area contributed by atoms with Crippen molar-refractivity contribution in [3.63, 3.8) is 0 Å².